The van der Waals surface area contributed by atoms with Gasteiger partial charge in [0.05, 0.1) is 6.33 Å². The van der Waals surface area contributed by atoms with Crippen LogP contribution >= 0.6 is 0 Å². The van der Waals surface area contributed by atoms with Crippen LogP contribution in [-0.4, -0.2) is 60.1 Å². The number of aliphatic hydroxyl groups is 2. The SMILES string of the molecule is CC(C)CC(=O)OC(C1CCCC1)[C@H]1O[C@@H](n2cnc3c(N)ncnc32)[C@@H](O)[C@@H]1O. The third-order valence-electron chi connectivity index (χ3n) is 5.97. The van der Waals surface area contributed by atoms with Gasteiger partial charge in [-0.05, 0) is 24.7 Å². The first-order valence-corrected chi connectivity index (χ1v) is 10.5. The average Bonchev–Trinajstić information content (AvgIpc) is 3.41. The standard InChI is InChI=1S/C20H29N5O5/c1-10(2)7-12(26)29-16(11-5-3-4-6-11)17-14(27)15(28)20(30-17)25-9-24-13-18(21)22-8-23-19(13)25/h8-11,14-17,20,27-28H,3-7H2,1-2H3,(H2,21,22,23)/t14-,15-,16?,17-,20+/m0/s1. The van der Waals surface area contributed by atoms with Crippen LogP contribution in [0.3, 0.4) is 0 Å². The van der Waals surface area contributed by atoms with Crippen molar-refractivity contribution in [2.45, 2.75) is 76.6 Å². The van der Waals surface area contributed by atoms with Crippen LogP contribution in [0.15, 0.2) is 12.7 Å². The number of ether oxygens (including phenoxy) is 2. The Morgan fingerprint density at radius 1 is 1.27 bits per heavy atom. The van der Waals surface area contributed by atoms with Gasteiger partial charge in [-0.15, -0.1) is 0 Å². The van der Waals surface area contributed by atoms with E-state index >= 15 is 0 Å². The lowest BCUT2D eigenvalue weighted by Crippen LogP contribution is -2.44. The van der Waals surface area contributed by atoms with E-state index in [1.807, 2.05) is 13.8 Å². The van der Waals surface area contributed by atoms with E-state index in [0.717, 1.165) is 25.7 Å². The number of hydrogen-bond donors (Lipinski definition) is 3. The molecule has 1 aliphatic heterocycles. The molecule has 4 N–H and O–H groups in total. The highest BCUT2D eigenvalue weighted by atomic mass is 16.6. The number of imidazole rings is 1. The molecule has 0 spiro atoms. The van der Waals surface area contributed by atoms with Crippen LogP contribution < -0.4 is 5.73 Å². The summed E-state index contributed by atoms with van der Waals surface area (Å²) >= 11 is 0. The number of aromatic nitrogens is 4. The minimum absolute atomic E-state index is 0.0872. The second-order valence-electron chi connectivity index (χ2n) is 8.65. The minimum Gasteiger partial charge on any atom is -0.459 e. The summed E-state index contributed by atoms with van der Waals surface area (Å²) in [6.07, 6.45) is 2.06. The molecule has 2 fully saturated rings. The molecule has 2 aromatic rings. The lowest BCUT2D eigenvalue weighted by Gasteiger charge is -2.30. The monoisotopic (exact) mass is 419 g/mol. The number of carbonyl (C=O) groups is 1. The van der Waals surface area contributed by atoms with Gasteiger partial charge >= 0.3 is 5.97 Å². The van der Waals surface area contributed by atoms with E-state index in [1.54, 1.807) is 0 Å². The van der Waals surface area contributed by atoms with Gasteiger partial charge in [0.1, 0.15) is 36.3 Å². The van der Waals surface area contributed by atoms with Gasteiger partial charge in [-0.3, -0.25) is 9.36 Å². The van der Waals surface area contributed by atoms with Gasteiger partial charge in [0.25, 0.3) is 0 Å². The van der Waals surface area contributed by atoms with Crippen molar-refractivity contribution < 1.29 is 24.5 Å². The fraction of sp³-hybridized carbons (Fsp3) is 0.700. The molecule has 1 aliphatic carbocycles. The smallest absolute Gasteiger partial charge is 0.306 e. The number of hydrogen-bond acceptors (Lipinski definition) is 9. The zero-order valence-corrected chi connectivity index (χ0v) is 17.2. The van der Waals surface area contributed by atoms with Crippen molar-refractivity contribution in [3.63, 3.8) is 0 Å². The Labute approximate surface area is 174 Å². The summed E-state index contributed by atoms with van der Waals surface area (Å²) in [5, 5.41) is 21.6. The first kappa shape index (κ1) is 21.0. The van der Waals surface area contributed by atoms with Crippen LogP contribution in [0.1, 0.15) is 52.2 Å². The van der Waals surface area contributed by atoms with Crippen molar-refractivity contribution in [3.8, 4) is 0 Å². The quantitative estimate of drug-likeness (QED) is 0.587. The molecule has 2 aromatic heterocycles. The number of nitrogens with two attached hydrogens (primary N) is 1. The van der Waals surface area contributed by atoms with Crippen LogP contribution in [0.4, 0.5) is 5.82 Å². The molecule has 1 unspecified atom stereocenters. The maximum absolute atomic E-state index is 12.4. The Kier molecular flexibility index (Phi) is 5.90. The molecular weight excluding hydrogens is 390 g/mol. The normalized spacial score (nSPS) is 28.4. The first-order valence-electron chi connectivity index (χ1n) is 10.5. The van der Waals surface area contributed by atoms with E-state index in [2.05, 4.69) is 15.0 Å². The van der Waals surface area contributed by atoms with Crippen LogP contribution in [-0.2, 0) is 14.3 Å². The number of aliphatic hydroxyl groups excluding tert-OH is 2. The number of nitrogens with zero attached hydrogens (tertiary/aromatic N) is 4. The molecule has 0 aromatic carbocycles. The first-order chi connectivity index (χ1) is 14.4. The molecule has 3 heterocycles. The Hall–Kier alpha value is -2.30. The number of rotatable bonds is 6. The molecule has 4 rings (SSSR count). The second kappa shape index (κ2) is 8.44. The highest BCUT2D eigenvalue weighted by Gasteiger charge is 2.51. The zero-order valence-electron chi connectivity index (χ0n) is 17.2. The van der Waals surface area contributed by atoms with Gasteiger partial charge in [0, 0.05) is 6.42 Å². The molecule has 2 aliphatic rings. The maximum atomic E-state index is 12.4. The van der Waals surface area contributed by atoms with Gasteiger partial charge in [-0.1, -0.05) is 26.7 Å². The third-order valence-corrected chi connectivity index (χ3v) is 5.97. The predicted octanol–water partition coefficient (Wildman–Crippen LogP) is 1.18. The molecule has 5 atom stereocenters. The summed E-state index contributed by atoms with van der Waals surface area (Å²) in [5.74, 6) is 0.153. The van der Waals surface area contributed by atoms with Gasteiger partial charge < -0.3 is 25.4 Å². The van der Waals surface area contributed by atoms with Gasteiger partial charge in [-0.2, -0.15) is 0 Å². The minimum atomic E-state index is -1.24. The van der Waals surface area contributed by atoms with Crippen LogP contribution in [0.25, 0.3) is 11.2 Å². The summed E-state index contributed by atoms with van der Waals surface area (Å²) in [7, 11) is 0. The highest BCUT2D eigenvalue weighted by molar-refractivity contribution is 5.81. The maximum Gasteiger partial charge on any atom is 0.306 e. The van der Waals surface area contributed by atoms with E-state index in [9.17, 15) is 15.0 Å². The Morgan fingerprint density at radius 3 is 2.70 bits per heavy atom. The van der Waals surface area contributed by atoms with E-state index in [1.165, 1.54) is 17.2 Å². The van der Waals surface area contributed by atoms with E-state index < -0.39 is 30.6 Å². The molecule has 30 heavy (non-hydrogen) atoms. The van der Waals surface area contributed by atoms with Gasteiger partial charge in [0.15, 0.2) is 17.7 Å². The van der Waals surface area contributed by atoms with Crippen LogP contribution in [0.5, 0.6) is 0 Å². The average molecular weight is 419 g/mol. The van der Waals surface area contributed by atoms with Gasteiger partial charge in [-0.25, -0.2) is 15.0 Å². The van der Waals surface area contributed by atoms with Crippen molar-refractivity contribution in [1.29, 1.82) is 0 Å². The lowest BCUT2D eigenvalue weighted by atomic mass is 9.92. The zero-order chi connectivity index (χ0) is 21.4. The lowest BCUT2D eigenvalue weighted by molar-refractivity contribution is -0.169. The molecule has 0 bridgehead atoms. The van der Waals surface area contributed by atoms with E-state index in [-0.39, 0.29) is 23.6 Å². The van der Waals surface area contributed by atoms with Crippen LogP contribution in [0, 0.1) is 11.8 Å². The summed E-state index contributed by atoms with van der Waals surface area (Å²) in [5.41, 5.74) is 6.63. The fourth-order valence-corrected chi connectivity index (χ4v) is 4.49. The number of esters is 1. The topological polar surface area (TPSA) is 146 Å². The molecule has 1 saturated heterocycles. The number of nitrogen functional groups attached to an aromatic ring is 1. The molecule has 10 nitrogen and oxygen atoms in total. The van der Waals surface area contributed by atoms with Crippen molar-refractivity contribution in [2.75, 3.05) is 5.73 Å². The summed E-state index contributed by atoms with van der Waals surface area (Å²) in [6.45, 7) is 3.90. The highest BCUT2D eigenvalue weighted by Crippen LogP contribution is 2.39. The molecule has 0 amide bonds. The van der Waals surface area contributed by atoms with Crippen LogP contribution in [0.2, 0.25) is 0 Å². The largest absolute Gasteiger partial charge is 0.459 e. The number of carbonyl (C=O) groups excluding carboxylic acids is 1. The third kappa shape index (κ3) is 3.86. The second-order valence-corrected chi connectivity index (χ2v) is 8.65. The van der Waals surface area contributed by atoms with E-state index in [4.69, 9.17) is 15.2 Å². The summed E-state index contributed by atoms with van der Waals surface area (Å²) in [6, 6.07) is 0. The van der Waals surface area contributed by atoms with Crippen molar-refractivity contribution in [2.24, 2.45) is 11.8 Å². The Bertz CT molecular complexity index is 897. The fourth-order valence-electron chi connectivity index (χ4n) is 4.49. The Morgan fingerprint density at radius 2 is 2.00 bits per heavy atom. The summed E-state index contributed by atoms with van der Waals surface area (Å²) < 4.78 is 13.4. The predicted molar refractivity (Wildman–Crippen MR) is 107 cm³/mol. The van der Waals surface area contributed by atoms with Gasteiger partial charge in [0.2, 0.25) is 0 Å². The van der Waals surface area contributed by atoms with E-state index in [0.29, 0.717) is 17.6 Å². The van der Waals surface area contributed by atoms with Crippen molar-refractivity contribution in [1.82, 2.24) is 19.5 Å². The summed E-state index contributed by atoms with van der Waals surface area (Å²) in [4.78, 5) is 24.7. The van der Waals surface area contributed by atoms with Crippen molar-refractivity contribution in [3.05, 3.63) is 12.7 Å². The molecule has 0 radical (unpaired) electrons. The number of fused-ring (bicyclic) bond motifs is 1. The molecule has 164 valence electrons. The number of anilines is 1. The Balaban J connectivity index is 1.60. The molecule has 10 heteroatoms. The molecular formula is C20H29N5O5. The molecule has 1 saturated carbocycles. The van der Waals surface area contributed by atoms with Crippen molar-refractivity contribution >= 4 is 23.0 Å².